The van der Waals surface area contributed by atoms with E-state index in [0.717, 1.165) is 122 Å². The highest BCUT2D eigenvalue weighted by molar-refractivity contribution is 5.71. The number of unbranched alkanes of at least 4 members (excludes halogenated alkanes) is 25. The van der Waals surface area contributed by atoms with Gasteiger partial charge in [0.2, 0.25) is 0 Å². The first kappa shape index (κ1) is 71.8. The minimum Gasteiger partial charge on any atom is -0.462 e. The molecule has 0 aromatic carbocycles. The molecule has 6 nitrogen and oxygen atoms in total. The summed E-state index contributed by atoms with van der Waals surface area (Å²) in [7, 11) is 0. The summed E-state index contributed by atoms with van der Waals surface area (Å²) in [6.07, 6.45) is 87.6. The maximum absolute atomic E-state index is 12.9. The minimum absolute atomic E-state index is 0.103. The fourth-order valence-electron chi connectivity index (χ4n) is 8.45. The zero-order chi connectivity index (χ0) is 55.0. The Balaban J connectivity index is 4.50. The van der Waals surface area contributed by atoms with Crippen LogP contribution in [-0.2, 0) is 28.6 Å². The third-order valence-corrected chi connectivity index (χ3v) is 13.2. The Bertz CT molecular complexity index is 1590. The SMILES string of the molecule is CC/C=C\C/C=C\C/C=C\C/C=C\C/C=C\C/C=C\CCCCC(=O)OCC(COC(=O)CCCCCCC/C=C\C/C=C\CCCCCC)OC(=O)CCCCCCCCCCC/C=C\C/C=C\CCCCCCC. The number of ether oxygens (including phenoxy) is 3. The van der Waals surface area contributed by atoms with E-state index in [-0.39, 0.29) is 31.1 Å². The molecule has 0 saturated heterocycles. The van der Waals surface area contributed by atoms with Gasteiger partial charge in [-0.05, 0) is 135 Å². The lowest BCUT2D eigenvalue weighted by Crippen LogP contribution is -2.30. The third kappa shape index (κ3) is 60.7. The molecule has 6 heteroatoms. The Hall–Kier alpha value is -4.19. The molecular weight excluding hydrogens is 937 g/mol. The summed E-state index contributed by atoms with van der Waals surface area (Å²) >= 11 is 0. The van der Waals surface area contributed by atoms with Crippen LogP contribution < -0.4 is 0 Å². The molecule has 0 radical (unpaired) electrons. The summed E-state index contributed by atoms with van der Waals surface area (Å²) < 4.78 is 16.9. The van der Waals surface area contributed by atoms with Gasteiger partial charge in [0.15, 0.2) is 6.10 Å². The highest BCUT2D eigenvalue weighted by Gasteiger charge is 2.19. The van der Waals surface area contributed by atoms with Crippen LogP contribution in [0.2, 0.25) is 0 Å². The van der Waals surface area contributed by atoms with Crippen LogP contribution in [0, 0.1) is 0 Å². The van der Waals surface area contributed by atoms with E-state index in [4.69, 9.17) is 14.2 Å². The first-order valence-corrected chi connectivity index (χ1v) is 31.5. The topological polar surface area (TPSA) is 78.9 Å². The van der Waals surface area contributed by atoms with Gasteiger partial charge in [-0.3, -0.25) is 14.4 Å². The lowest BCUT2D eigenvalue weighted by atomic mass is 10.1. The van der Waals surface area contributed by atoms with Crippen molar-refractivity contribution in [2.75, 3.05) is 13.2 Å². The minimum atomic E-state index is -0.809. The third-order valence-electron chi connectivity index (χ3n) is 13.2. The van der Waals surface area contributed by atoms with Crippen LogP contribution in [0.3, 0.4) is 0 Å². The molecule has 0 aliphatic heterocycles. The molecule has 432 valence electrons. The number of hydrogen-bond acceptors (Lipinski definition) is 6. The van der Waals surface area contributed by atoms with E-state index in [1.807, 2.05) is 0 Å². The van der Waals surface area contributed by atoms with Crippen molar-refractivity contribution in [1.82, 2.24) is 0 Å². The zero-order valence-electron chi connectivity index (χ0n) is 49.5. The average molecular weight is 1050 g/mol. The molecule has 0 aromatic heterocycles. The van der Waals surface area contributed by atoms with Gasteiger partial charge in [0.25, 0.3) is 0 Å². The van der Waals surface area contributed by atoms with E-state index in [0.29, 0.717) is 25.7 Å². The molecule has 0 aromatic rings. The van der Waals surface area contributed by atoms with E-state index in [1.54, 1.807) is 0 Å². The summed E-state index contributed by atoms with van der Waals surface area (Å²) in [5.74, 6) is -0.961. The number of carbonyl (C=O) groups excluding carboxylic acids is 3. The van der Waals surface area contributed by atoms with Gasteiger partial charge >= 0.3 is 17.9 Å². The molecular formula is C70H116O6. The van der Waals surface area contributed by atoms with Crippen LogP contribution in [0.1, 0.15) is 284 Å². The molecule has 0 N–H and O–H groups in total. The number of esters is 3. The van der Waals surface area contributed by atoms with E-state index in [9.17, 15) is 14.4 Å². The summed E-state index contributed by atoms with van der Waals surface area (Å²) in [6.45, 7) is 6.46. The Kier molecular flexibility index (Phi) is 59.9. The van der Waals surface area contributed by atoms with Gasteiger partial charge in [-0.15, -0.1) is 0 Å². The second-order valence-electron chi connectivity index (χ2n) is 20.6. The van der Waals surface area contributed by atoms with E-state index >= 15 is 0 Å². The molecule has 0 rings (SSSR count). The van der Waals surface area contributed by atoms with Crippen LogP contribution >= 0.6 is 0 Å². The van der Waals surface area contributed by atoms with E-state index in [2.05, 4.69) is 142 Å². The van der Waals surface area contributed by atoms with Crippen molar-refractivity contribution in [3.05, 3.63) is 122 Å². The molecule has 76 heavy (non-hydrogen) atoms. The normalized spacial score (nSPS) is 12.9. The van der Waals surface area contributed by atoms with Crippen LogP contribution in [0.25, 0.3) is 0 Å². The summed E-state index contributed by atoms with van der Waals surface area (Å²) in [6, 6.07) is 0. The van der Waals surface area contributed by atoms with Crippen molar-refractivity contribution in [1.29, 1.82) is 0 Å². The molecule has 0 bridgehead atoms. The maximum atomic E-state index is 12.9. The summed E-state index contributed by atoms with van der Waals surface area (Å²) in [5.41, 5.74) is 0. The van der Waals surface area contributed by atoms with Crippen molar-refractivity contribution >= 4 is 17.9 Å². The predicted octanol–water partition coefficient (Wildman–Crippen LogP) is 21.6. The quantitative estimate of drug-likeness (QED) is 0.0261. The van der Waals surface area contributed by atoms with Crippen molar-refractivity contribution in [2.24, 2.45) is 0 Å². The highest BCUT2D eigenvalue weighted by atomic mass is 16.6. The molecule has 0 aliphatic carbocycles. The molecule has 0 heterocycles. The van der Waals surface area contributed by atoms with Gasteiger partial charge in [0.1, 0.15) is 13.2 Å². The first-order chi connectivity index (χ1) is 37.5. The summed E-state index contributed by atoms with van der Waals surface area (Å²) in [4.78, 5) is 38.3. The number of allylic oxidation sites excluding steroid dienone is 20. The van der Waals surface area contributed by atoms with Crippen molar-refractivity contribution < 1.29 is 28.6 Å². The van der Waals surface area contributed by atoms with Gasteiger partial charge in [0.05, 0.1) is 0 Å². The second kappa shape index (κ2) is 63.3. The number of carbonyl (C=O) groups is 3. The van der Waals surface area contributed by atoms with E-state index in [1.165, 1.54) is 116 Å². The number of rotatable bonds is 56. The predicted molar refractivity (Wildman–Crippen MR) is 330 cm³/mol. The van der Waals surface area contributed by atoms with Crippen LogP contribution in [0.4, 0.5) is 0 Å². The Labute approximate surface area is 469 Å². The van der Waals surface area contributed by atoms with Crippen molar-refractivity contribution in [3.8, 4) is 0 Å². The largest absolute Gasteiger partial charge is 0.462 e. The molecule has 1 unspecified atom stereocenters. The molecule has 0 saturated carbocycles. The van der Waals surface area contributed by atoms with E-state index < -0.39 is 6.10 Å². The molecule has 0 fully saturated rings. The van der Waals surface area contributed by atoms with Crippen LogP contribution in [0.15, 0.2) is 122 Å². The van der Waals surface area contributed by atoms with Gasteiger partial charge in [-0.1, -0.05) is 251 Å². The fourth-order valence-corrected chi connectivity index (χ4v) is 8.45. The van der Waals surface area contributed by atoms with Gasteiger partial charge in [-0.2, -0.15) is 0 Å². The maximum Gasteiger partial charge on any atom is 0.306 e. The average Bonchev–Trinajstić information content (AvgIpc) is 3.42. The first-order valence-electron chi connectivity index (χ1n) is 31.5. The fraction of sp³-hybridized carbons (Fsp3) is 0.671. The molecule has 0 aliphatic rings. The highest BCUT2D eigenvalue weighted by Crippen LogP contribution is 2.15. The molecule has 0 amide bonds. The van der Waals surface area contributed by atoms with Crippen molar-refractivity contribution in [2.45, 2.75) is 290 Å². The Morgan fingerprint density at radius 2 is 0.513 bits per heavy atom. The Morgan fingerprint density at radius 1 is 0.276 bits per heavy atom. The van der Waals surface area contributed by atoms with Gasteiger partial charge in [-0.25, -0.2) is 0 Å². The smallest absolute Gasteiger partial charge is 0.306 e. The van der Waals surface area contributed by atoms with Crippen LogP contribution in [0.5, 0.6) is 0 Å². The van der Waals surface area contributed by atoms with Gasteiger partial charge in [0, 0.05) is 19.3 Å². The Morgan fingerprint density at radius 3 is 0.842 bits per heavy atom. The lowest BCUT2D eigenvalue weighted by molar-refractivity contribution is -0.167. The van der Waals surface area contributed by atoms with Crippen LogP contribution in [-0.4, -0.2) is 37.2 Å². The lowest BCUT2D eigenvalue weighted by Gasteiger charge is -2.18. The molecule has 1 atom stereocenters. The van der Waals surface area contributed by atoms with Crippen molar-refractivity contribution in [3.63, 3.8) is 0 Å². The monoisotopic (exact) mass is 1050 g/mol. The number of hydrogen-bond donors (Lipinski definition) is 0. The zero-order valence-corrected chi connectivity index (χ0v) is 49.5. The van der Waals surface area contributed by atoms with Gasteiger partial charge < -0.3 is 14.2 Å². The standard InChI is InChI=1S/C70H116O6/c1-4-7-10-13-16-19-22-25-28-31-33-35-37-39-42-45-48-51-54-57-60-63-69(72)75-66-67(65-74-68(71)62-59-56-53-50-47-44-41-30-27-24-21-18-15-12-9-6-3)76-70(73)64-61-58-55-52-49-46-43-40-38-36-34-32-29-26-23-20-17-14-11-8-5-2/h7,10,16,19,21,23-26,28,30,32-35,39,41-42,48,51,67H,4-6,8-9,11-15,17-18,20,22,27,29,31,36-38,40,43-47,49-50,52-66H2,1-3H3/b10-7-,19-16-,24-21-,26-23-,28-25-,34-32-,35-33-,41-30-,42-39-,51-48-. The molecule has 0 spiro atoms. The second-order valence-corrected chi connectivity index (χ2v) is 20.6. The summed E-state index contributed by atoms with van der Waals surface area (Å²) in [5, 5.41) is 0.